The van der Waals surface area contributed by atoms with Crippen molar-refractivity contribution in [2.24, 2.45) is 0 Å². The van der Waals surface area contributed by atoms with E-state index < -0.39 is 5.54 Å². The first kappa shape index (κ1) is 16.5. The number of aromatic nitrogens is 1. The van der Waals surface area contributed by atoms with Gasteiger partial charge in [0.25, 0.3) is 5.91 Å². The van der Waals surface area contributed by atoms with Crippen molar-refractivity contribution in [1.29, 1.82) is 0 Å². The molecule has 0 aliphatic carbocycles. The van der Waals surface area contributed by atoms with Crippen molar-refractivity contribution in [1.82, 2.24) is 10.3 Å². The Bertz CT molecular complexity index is 712. The van der Waals surface area contributed by atoms with Crippen molar-refractivity contribution < 1.29 is 9.59 Å². The van der Waals surface area contributed by atoms with E-state index in [-0.39, 0.29) is 11.8 Å². The van der Waals surface area contributed by atoms with Gasteiger partial charge in [-0.1, -0.05) is 29.8 Å². The number of nitrogens with one attached hydrogen (secondary N) is 2. The highest BCUT2D eigenvalue weighted by Crippen LogP contribution is 2.30. The Labute approximate surface area is 137 Å². The van der Waals surface area contributed by atoms with E-state index in [1.54, 1.807) is 19.9 Å². The molecule has 0 spiro atoms. The van der Waals surface area contributed by atoms with Crippen molar-refractivity contribution in [2.75, 3.05) is 5.32 Å². The van der Waals surface area contributed by atoms with Gasteiger partial charge >= 0.3 is 0 Å². The van der Waals surface area contributed by atoms with E-state index in [0.29, 0.717) is 15.8 Å². The highest BCUT2D eigenvalue weighted by Gasteiger charge is 2.29. The van der Waals surface area contributed by atoms with E-state index in [9.17, 15) is 9.59 Å². The Morgan fingerprint density at radius 3 is 2.59 bits per heavy atom. The van der Waals surface area contributed by atoms with E-state index in [4.69, 9.17) is 11.6 Å². The van der Waals surface area contributed by atoms with E-state index in [2.05, 4.69) is 15.6 Å². The van der Waals surface area contributed by atoms with E-state index in [1.165, 1.54) is 18.3 Å². The van der Waals surface area contributed by atoms with E-state index >= 15 is 0 Å². The van der Waals surface area contributed by atoms with Crippen molar-refractivity contribution >= 4 is 39.9 Å². The molecule has 0 atom stereocenters. The van der Waals surface area contributed by atoms with Gasteiger partial charge in [-0.25, -0.2) is 4.98 Å². The maximum absolute atomic E-state index is 12.2. The van der Waals surface area contributed by atoms with Crippen LogP contribution in [0, 0.1) is 0 Å². The molecule has 2 aromatic rings. The molecule has 1 aromatic heterocycles. The number of rotatable bonds is 4. The van der Waals surface area contributed by atoms with Gasteiger partial charge in [0.05, 0.1) is 5.69 Å². The molecule has 5 nitrogen and oxygen atoms in total. The first-order valence-corrected chi connectivity index (χ1v) is 7.86. The summed E-state index contributed by atoms with van der Waals surface area (Å²) in [7, 11) is 0. The number of hydrogen-bond donors (Lipinski definition) is 2. The molecule has 116 valence electrons. The fourth-order valence-electron chi connectivity index (χ4n) is 1.87. The second-order valence-corrected chi connectivity index (χ2v) is 6.54. The van der Waals surface area contributed by atoms with Gasteiger partial charge in [0.2, 0.25) is 5.91 Å². The van der Waals surface area contributed by atoms with Crippen LogP contribution < -0.4 is 10.6 Å². The molecule has 2 rings (SSSR count). The van der Waals surface area contributed by atoms with Crippen LogP contribution in [-0.4, -0.2) is 22.3 Å². The summed E-state index contributed by atoms with van der Waals surface area (Å²) >= 11 is 7.44. The van der Waals surface area contributed by atoms with Crippen molar-refractivity contribution in [2.45, 2.75) is 26.3 Å². The number of nitrogens with zero attached hydrogens (tertiary/aromatic N) is 1. The lowest BCUT2D eigenvalue weighted by Crippen LogP contribution is -2.51. The van der Waals surface area contributed by atoms with Crippen molar-refractivity contribution in [3.8, 4) is 11.3 Å². The van der Waals surface area contributed by atoms with Crippen LogP contribution in [0.25, 0.3) is 11.3 Å². The molecule has 0 bridgehead atoms. The third-order valence-electron chi connectivity index (χ3n) is 2.93. The molecule has 1 aromatic carbocycles. The normalized spacial score (nSPS) is 11.1. The fourth-order valence-corrected chi connectivity index (χ4v) is 2.81. The number of halogens is 1. The minimum absolute atomic E-state index is 0.268. The second kappa shape index (κ2) is 6.46. The zero-order valence-corrected chi connectivity index (χ0v) is 14.0. The van der Waals surface area contributed by atoms with Gasteiger partial charge in [-0.15, -0.1) is 11.3 Å². The van der Waals surface area contributed by atoms with Gasteiger partial charge in [0, 0.05) is 22.9 Å². The third kappa shape index (κ3) is 3.84. The Balaban J connectivity index is 2.14. The van der Waals surface area contributed by atoms with Crippen LogP contribution in [0.4, 0.5) is 5.13 Å². The number of carbonyl (C=O) groups excluding carboxylic acids is 2. The van der Waals surface area contributed by atoms with Crippen molar-refractivity contribution in [3.05, 3.63) is 34.7 Å². The van der Waals surface area contributed by atoms with Gasteiger partial charge < -0.3 is 5.32 Å². The van der Waals surface area contributed by atoms with Crippen LogP contribution in [0.2, 0.25) is 5.02 Å². The molecule has 0 fully saturated rings. The Morgan fingerprint density at radius 1 is 1.27 bits per heavy atom. The Morgan fingerprint density at radius 2 is 1.95 bits per heavy atom. The van der Waals surface area contributed by atoms with Crippen LogP contribution in [0.5, 0.6) is 0 Å². The highest BCUT2D eigenvalue weighted by atomic mass is 35.5. The molecule has 1 heterocycles. The van der Waals surface area contributed by atoms with Crippen LogP contribution in [0.15, 0.2) is 29.6 Å². The summed E-state index contributed by atoms with van der Waals surface area (Å²) < 4.78 is 0. The van der Waals surface area contributed by atoms with Gasteiger partial charge in [-0.2, -0.15) is 0 Å². The van der Waals surface area contributed by atoms with E-state index in [1.807, 2.05) is 23.6 Å². The minimum Gasteiger partial charge on any atom is -0.342 e. The molecule has 22 heavy (non-hydrogen) atoms. The molecule has 0 unspecified atom stereocenters. The zero-order chi connectivity index (χ0) is 16.3. The lowest BCUT2D eigenvalue weighted by Gasteiger charge is -2.23. The topological polar surface area (TPSA) is 71.1 Å². The van der Waals surface area contributed by atoms with Crippen LogP contribution in [-0.2, 0) is 9.59 Å². The largest absolute Gasteiger partial charge is 0.342 e. The molecular weight excluding hydrogens is 322 g/mol. The summed E-state index contributed by atoms with van der Waals surface area (Å²) in [5.74, 6) is -0.598. The zero-order valence-electron chi connectivity index (χ0n) is 12.4. The first-order chi connectivity index (χ1) is 10.3. The maximum Gasteiger partial charge on any atom is 0.251 e. The van der Waals surface area contributed by atoms with Crippen LogP contribution >= 0.6 is 22.9 Å². The average Bonchev–Trinajstić information content (AvgIpc) is 2.86. The number of carbonyl (C=O) groups is 2. The first-order valence-electron chi connectivity index (χ1n) is 6.60. The SMILES string of the molecule is CC(=O)NC(C)(C)C(=O)Nc1nc(-c2ccccc2Cl)cs1. The summed E-state index contributed by atoms with van der Waals surface area (Å²) in [6, 6.07) is 7.37. The van der Waals surface area contributed by atoms with Gasteiger partial charge in [0.1, 0.15) is 5.54 Å². The van der Waals surface area contributed by atoms with Gasteiger partial charge in [-0.3, -0.25) is 14.9 Å². The molecule has 0 saturated carbocycles. The number of benzene rings is 1. The molecule has 2 amide bonds. The Hall–Kier alpha value is -1.92. The summed E-state index contributed by atoms with van der Waals surface area (Å²) in [5.41, 5.74) is 0.493. The summed E-state index contributed by atoms with van der Waals surface area (Å²) in [6.45, 7) is 4.63. The highest BCUT2D eigenvalue weighted by molar-refractivity contribution is 7.14. The molecular formula is C15H16ClN3O2S. The monoisotopic (exact) mass is 337 g/mol. The molecule has 0 aliphatic rings. The average molecular weight is 338 g/mol. The lowest BCUT2D eigenvalue weighted by atomic mass is 10.1. The summed E-state index contributed by atoms with van der Waals surface area (Å²) in [4.78, 5) is 27.7. The van der Waals surface area contributed by atoms with Gasteiger partial charge in [-0.05, 0) is 19.9 Å². The predicted octanol–water partition coefficient (Wildman–Crippen LogP) is 3.32. The number of hydrogen-bond acceptors (Lipinski definition) is 4. The lowest BCUT2D eigenvalue weighted by molar-refractivity contribution is -0.128. The van der Waals surface area contributed by atoms with Crippen molar-refractivity contribution in [3.63, 3.8) is 0 Å². The maximum atomic E-state index is 12.2. The minimum atomic E-state index is -1.01. The van der Waals surface area contributed by atoms with Gasteiger partial charge in [0.15, 0.2) is 5.13 Å². The third-order valence-corrected chi connectivity index (χ3v) is 4.02. The molecule has 7 heteroatoms. The number of anilines is 1. The van der Waals surface area contributed by atoms with Crippen LogP contribution in [0.1, 0.15) is 20.8 Å². The molecule has 0 radical (unpaired) electrons. The summed E-state index contributed by atoms with van der Waals surface area (Å²) in [6.07, 6.45) is 0. The number of thiazole rings is 1. The molecule has 0 aliphatic heterocycles. The quantitative estimate of drug-likeness (QED) is 0.899. The summed E-state index contributed by atoms with van der Waals surface area (Å²) in [5, 5.41) is 8.18. The fraction of sp³-hybridized carbons (Fsp3) is 0.267. The molecule has 0 saturated heterocycles. The second-order valence-electron chi connectivity index (χ2n) is 5.28. The smallest absolute Gasteiger partial charge is 0.251 e. The Kier molecular flexibility index (Phi) is 4.83. The van der Waals surface area contributed by atoms with Crippen LogP contribution in [0.3, 0.4) is 0 Å². The number of amides is 2. The predicted molar refractivity (Wildman–Crippen MR) is 89.1 cm³/mol. The molecule has 2 N–H and O–H groups in total. The van der Waals surface area contributed by atoms with E-state index in [0.717, 1.165) is 5.56 Å². The standard InChI is InChI=1S/C15H16ClN3O2S/c1-9(20)19-15(2,3)13(21)18-14-17-12(8-22-14)10-6-4-5-7-11(10)16/h4-8H,1-3H3,(H,19,20)(H,17,18,21).